The highest BCUT2D eigenvalue weighted by Gasteiger charge is 2.18. The molecule has 1 atom stereocenters. The van der Waals surface area contributed by atoms with Crippen molar-refractivity contribution in [2.75, 3.05) is 0 Å². The van der Waals surface area contributed by atoms with Crippen LogP contribution in [0.5, 0.6) is 5.75 Å². The van der Waals surface area contributed by atoms with Crippen molar-refractivity contribution < 1.29 is 9.53 Å². The van der Waals surface area contributed by atoms with Gasteiger partial charge in [-0.2, -0.15) is 0 Å². The van der Waals surface area contributed by atoms with Crippen LogP contribution in [-0.2, 0) is 6.61 Å². The molecule has 6 heteroatoms. The Morgan fingerprint density at radius 3 is 2.67 bits per heavy atom. The summed E-state index contributed by atoms with van der Waals surface area (Å²) in [6.07, 6.45) is 0. The zero-order chi connectivity index (χ0) is 19.4. The fourth-order valence-electron chi connectivity index (χ4n) is 2.66. The second-order valence-corrected chi connectivity index (χ2v) is 7.82. The first-order valence-corrected chi connectivity index (χ1v) is 9.84. The molecule has 1 unspecified atom stereocenters. The Morgan fingerprint density at radius 2 is 1.96 bits per heavy atom. The van der Waals surface area contributed by atoms with E-state index in [2.05, 4.69) is 10.3 Å². The lowest BCUT2D eigenvalue weighted by atomic mass is 10.1. The van der Waals surface area contributed by atoms with Crippen molar-refractivity contribution in [2.45, 2.75) is 33.4 Å². The van der Waals surface area contributed by atoms with E-state index in [4.69, 9.17) is 16.3 Å². The number of rotatable bonds is 6. The Kier molecular flexibility index (Phi) is 6.14. The SMILES string of the molecule is Cc1cc(OCc2nc(C)c(C(=O)NC(C)c3ccccc3)s2)ccc1Cl. The Bertz CT molecular complexity index is 941. The number of benzene rings is 2. The van der Waals surface area contributed by atoms with E-state index < -0.39 is 0 Å². The van der Waals surface area contributed by atoms with Gasteiger partial charge in [0, 0.05) is 5.02 Å². The molecule has 1 heterocycles. The van der Waals surface area contributed by atoms with Crippen molar-refractivity contribution >= 4 is 28.8 Å². The molecule has 140 valence electrons. The summed E-state index contributed by atoms with van der Waals surface area (Å²) in [5.74, 6) is 0.614. The van der Waals surface area contributed by atoms with E-state index in [1.54, 1.807) is 0 Å². The number of nitrogens with zero attached hydrogens (tertiary/aromatic N) is 1. The van der Waals surface area contributed by atoms with Gasteiger partial charge in [0.2, 0.25) is 0 Å². The van der Waals surface area contributed by atoms with Crippen molar-refractivity contribution in [3.05, 3.63) is 80.3 Å². The lowest BCUT2D eigenvalue weighted by Crippen LogP contribution is -2.26. The third-order valence-electron chi connectivity index (χ3n) is 4.19. The Morgan fingerprint density at radius 1 is 1.22 bits per heavy atom. The van der Waals surface area contributed by atoms with Crippen LogP contribution >= 0.6 is 22.9 Å². The second kappa shape index (κ2) is 8.55. The van der Waals surface area contributed by atoms with Crippen molar-refractivity contribution in [1.82, 2.24) is 10.3 Å². The van der Waals surface area contributed by atoms with E-state index in [1.807, 2.05) is 69.3 Å². The molecule has 0 bridgehead atoms. The van der Waals surface area contributed by atoms with Crippen LogP contribution in [0.2, 0.25) is 5.02 Å². The predicted molar refractivity (Wildman–Crippen MR) is 110 cm³/mol. The van der Waals surface area contributed by atoms with Gasteiger partial charge in [-0.1, -0.05) is 41.9 Å². The molecule has 1 N–H and O–H groups in total. The number of ether oxygens (including phenoxy) is 1. The zero-order valence-electron chi connectivity index (χ0n) is 15.5. The molecule has 3 rings (SSSR count). The van der Waals surface area contributed by atoms with Crippen LogP contribution in [-0.4, -0.2) is 10.9 Å². The molecule has 0 saturated heterocycles. The molecule has 0 radical (unpaired) electrons. The normalized spacial score (nSPS) is 11.9. The van der Waals surface area contributed by atoms with E-state index in [0.717, 1.165) is 21.9 Å². The average molecular weight is 401 g/mol. The molecule has 3 aromatic rings. The summed E-state index contributed by atoms with van der Waals surface area (Å²) < 4.78 is 5.78. The number of carbonyl (C=O) groups excluding carboxylic acids is 1. The Hall–Kier alpha value is -2.37. The predicted octanol–water partition coefficient (Wildman–Crippen LogP) is 5.48. The monoisotopic (exact) mass is 400 g/mol. The van der Waals surface area contributed by atoms with Gasteiger partial charge < -0.3 is 10.1 Å². The van der Waals surface area contributed by atoms with Gasteiger partial charge in [0.25, 0.3) is 5.91 Å². The van der Waals surface area contributed by atoms with Gasteiger partial charge >= 0.3 is 0 Å². The largest absolute Gasteiger partial charge is 0.486 e. The first-order chi connectivity index (χ1) is 12.9. The highest BCUT2D eigenvalue weighted by molar-refractivity contribution is 7.13. The minimum atomic E-state index is -0.116. The van der Waals surface area contributed by atoms with Crippen molar-refractivity contribution in [3.8, 4) is 5.75 Å². The van der Waals surface area contributed by atoms with Crippen LogP contribution in [0.1, 0.15) is 44.5 Å². The van der Waals surface area contributed by atoms with Crippen LogP contribution in [0.3, 0.4) is 0 Å². The molecular weight excluding hydrogens is 380 g/mol. The standard InChI is InChI=1S/C21H21ClN2O2S/c1-13-11-17(9-10-18(13)22)26-12-19-23-15(3)20(27-19)21(25)24-14(2)16-7-5-4-6-8-16/h4-11,14H,12H2,1-3H3,(H,24,25). The topological polar surface area (TPSA) is 51.2 Å². The molecule has 0 aliphatic heterocycles. The van der Waals surface area contributed by atoms with Gasteiger partial charge in [-0.05, 0) is 50.1 Å². The third kappa shape index (κ3) is 4.87. The van der Waals surface area contributed by atoms with Gasteiger partial charge in [-0.25, -0.2) is 4.98 Å². The molecule has 2 aromatic carbocycles. The molecule has 1 aromatic heterocycles. The quantitative estimate of drug-likeness (QED) is 0.595. The molecule has 0 aliphatic rings. The highest BCUT2D eigenvalue weighted by Crippen LogP contribution is 2.24. The van der Waals surface area contributed by atoms with E-state index in [-0.39, 0.29) is 11.9 Å². The van der Waals surface area contributed by atoms with E-state index in [9.17, 15) is 4.79 Å². The number of thiazole rings is 1. The van der Waals surface area contributed by atoms with Crippen molar-refractivity contribution in [2.24, 2.45) is 0 Å². The number of hydrogen-bond acceptors (Lipinski definition) is 4. The number of nitrogens with one attached hydrogen (secondary N) is 1. The van der Waals surface area contributed by atoms with Crippen LogP contribution in [0, 0.1) is 13.8 Å². The van der Waals surface area contributed by atoms with Gasteiger partial charge in [-0.15, -0.1) is 11.3 Å². The number of aromatic nitrogens is 1. The summed E-state index contributed by atoms with van der Waals surface area (Å²) in [6, 6.07) is 15.3. The second-order valence-electron chi connectivity index (χ2n) is 6.33. The van der Waals surface area contributed by atoms with Crippen molar-refractivity contribution in [1.29, 1.82) is 0 Å². The molecule has 0 aliphatic carbocycles. The van der Waals surface area contributed by atoms with E-state index in [1.165, 1.54) is 11.3 Å². The Labute approximate surface area is 168 Å². The summed E-state index contributed by atoms with van der Waals surface area (Å²) in [7, 11) is 0. The number of amides is 1. The van der Waals surface area contributed by atoms with Gasteiger partial charge in [0.05, 0.1) is 11.7 Å². The summed E-state index contributed by atoms with van der Waals surface area (Å²) in [5, 5.41) is 4.50. The number of carbonyl (C=O) groups is 1. The van der Waals surface area contributed by atoms with Gasteiger partial charge in [-0.3, -0.25) is 4.79 Å². The van der Waals surface area contributed by atoms with Crippen LogP contribution in [0.15, 0.2) is 48.5 Å². The molecular formula is C21H21ClN2O2S. The summed E-state index contributed by atoms with van der Waals surface area (Å²) in [4.78, 5) is 17.7. The highest BCUT2D eigenvalue weighted by atomic mass is 35.5. The number of aryl methyl sites for hydroxylation is 2. The number of hydrogen-bond donors (Lipinski definition) is 1. The molecule has 27 heavy (non-hydrogen) atoms. The third-order valence-corrected chi connectivity index (χ3v) is 5.74. The van der Waals surface area contributed by atoms with Gasteiger partial charge in [0.1, 0.15) is 22.2 Å². The Balaban J connectivity index is 1.64. The smallest absolute Gasteiger partial charge is 0.263 e. The minimum Gasteiger partial charge on any atom is -0.486 e. The zero-order valence-corrected chi connectivity index (χ0v) is 17.0. The molecule has 1 amide bonds. The minimum absolute atomic E-state index is 0.0723. The fourth-order valence-corrected chi connectivity index (χ4v) is 3.66. The van der Waals surface area contributed by atoms with E-state index >= 15 is 0 Å². The molecule has 0 fully saturated rings. The van der Waals surface area contributed by atoms with Gasteiger partial charge in [0.15, 0.2) is 0 Å². The fraction of sp³-hybridized carbons (Fsp3) is 0.238. The van der Waals surface area contributed by atoms with E-state index in [0.29, 0.717) is 22.2 Å². The lowest BCUT2D eigenvalue weighted by Gasteiger charge is -2.13. The van der Waals surface area contributed by atoms with Crippen LogP contribution in [0.4, 0.5) is 0 Å². The first kappa shape index (κ1) is 19.4. The number of halogens is 1. The molecule has 0 saturated carbocycles. The maximum atomic E-state index is 12.6. The maximum Gasteiger partial charge on any atom is 0.263 e. The van der Waals surface area contributed by atoms with Crippen LogP contribution in [0.25, 0.3) is 0 Å². The summed E-state index contributed by atoms with van der Waals surface area (Å²) >= 11 is 7.39. The van der Waals surface area contributed by atoms with Crippen molar-refractivity contribution in [3.63, 3.8) is 0 Å². The summed E-state index contributed by atoms with van der Waals surface area (Å²) in [5.41, 5.74) is 2.73. The average Bonchev–Trinajstić information content (AvgIpc) is 3.04. The summed E-state index contributed by atoms with van der Waals surface area (Å²) in [6.45, 7) is 6.05. The maximum absolute atomic E-state index is 12.6. The molecule has 0 spiro atoms. The van der Waals surface area contributed by atoms with Crippen LogP contribution < -0.4 is 10.1 Å². The first-order valence-electron chi connectivity index (χ1n) is 8.65. The molecule has 4 nitrogen and oxygen atoms in total. The lowest BCUT2D eigenvalue weighted by molar-refractivity contribution is 0.0943.